The lowest BCUT2D eigenvalue weighted by Gasteiger charge is -2.06. The second kappa shape index (κ2) is 3.91. The molecule has 2 aromatic rings. The van der Waals surface area contributed by atoms with Crippen molar-refractivity contribution in [2.75, 3.05) is 0 Å². The molecule has 0 amide bonds. The van der Waals surface area contributed by atoms with Crippen molar-refractivity contribution >= 4 is 22.7 Å². The monoisotopic (exact) mass is 263 g/mol. The summed E-state index contributed by atoms with van der Waals surface area (Å²) in [6, 6.07) is 2.21. The zero-order valence-electron chi connectivity index (χ0n) is 9.10. The molecule has 92 valence electrons. The van der Waals surface area contributed by atoms with Crippen molar-refractivity contribution in [2.24, 2.45) is 0 Å². The van der Waals surface area contributed by atoms with E-state index in [0.29, 0.717) is 0 Å². The molecule has 0 aliphatic rings. The van der Waals surface area contributed by atoms with E-state index in [9.17, 15) is 13.2 Å². The number of rotatable bonds is 1. The lowest BCUT2D eigenvalue weighted by Crippen LogP contribution is -2.05. The smallest absolute Gasteiger partial charge is 0.420 e. The SMILES string of the molecule is CC(C)c1nc2cc(Cl)cc(C(F)(F)F)c2o1. The molecule has 17 heavy (non-hydrogen) atoms. The number of alkyl halides is 3. The average Bonchev–Trinajstić information content (AvgIpc) is 2.58. The Bertz CT molecular complexity index is 560. The van der Waals surface area contributed by atoms with E-state index in [1.807, 2.05) is 0 Å². The summed E-state index contributed by atoms with van der Waals surface area (Å²) in [6.07, 6.45) is -4.50. The maximum absolute atomic E-state index is 12.8. The van der Waals surface area contributed by atoms with Crippen LogP contribution < -0.4 is 0 Å². The minimum absolute atomic E-state index is 0.00608. The molecule has 6 heteroatoms. The van der Waals surface area contributed by atoms with Gasteiger partial charge in [-0.25, -0.2) is 4.98 Å². The average molecular weight is 264 g/mol. The topological polar surface area (TPSA) is 26.0 Å². The zero-order chi connectivity index (χ0) is 12.8. The summed E-state index contributed by atoms with van der Waals surface area (Å²) in [5.41, 5.74) is -1.02. The quantitative estimate of drug-likeness (QED) is 0.750. The summed E-state index contributed by atoms with van der Waals surface area (Å²) >= 11 is 5.64. The normalized spacial score (nSPS) is 12.6. The van der Waals surface area contributed by atoms with E-state index < -0.39 is 11.7 Å². The summed E-state index contributed by atoms with van der Waals surface area (Å²) < 4.78 is 43.4. The van der Waals surface area contributed by atoms with Crippen LogP contribution in [0.1, 0.15) is 31.2 Å². The van der Waals surface area contributed by atoms with Crippen LogP contribution in [0, 0.1) is 0 Å². The summed E-state index contributed by atoms with van der Waals surface area (Å²) in [6.45, 7) is 3.58. The summed E-state index contributed by atoms with van der Waals surface area (Å²) in [7, 11) is 0. The maximum Gasteiger partial charge on any atom is 0.420 e. The van der Waals surface area contributed by atoms with Gasteiger partial charge in [0, 0.05) is 10.9 Å². The van der Waals surface area contributed by atoms with Gasteiger partial charge in [0.2, 0.25) is 0 Å². The minimum atomic E-state index is -4.50. The molecule has 1 aromatic carbocycles. The summed E-state index contributed by atoms with van der Waals surface area (Å²) in [5, 5.41) is -0.00608. The van der Waals surface area contributed by atoms with Gasteiger partial charge in [-0.05, 0) is 12.1 Å². The van der Waals surface area contributed by atoms with Crippen molar-refractivity contribution in [1.29, 1.82) is 0 Å². The Morgan fingerprint density at radius 2 is 1.94 bits per heavy atom. The Balaban J connectivity index is 2.75. The highest BCUT2D eigenvalue weighted by Crippen LogP contribution is 2.37. The van der Waals surface area contributed by atoms with E-state index in [2.05, 4.69) is 4.98 Å². The third-order valence-corrected chi connectivity index (χ3v) is 2.49. The van der Waals surface area contributed by atoms with Crippen LogP contribution in [0.2, 0.25) is 5.02 Å². The Morgan fingerprint density at radius 3 is 2.47 bits per heavy atom. The van der Waals surface area contributed by atoms with E-state index >= 15 is 0 Å². The van der Waals surface area contributed by atoms with E-state index in [1.54, 1.807) is 13.8 Å². The molecule has 2 rings (SSSR count). The van der Waals surface area contributed by atoms with E-state index in [0.717, 1.165) is 6.07 Å². The van der Waals surface area contributed by atoms with Crippen LogP contribution >= 0.6 is 11.6 Å². The number of benzene rings is 1. The summed E-state index contributed by atoms with van der Waals surface area (Å²) in [4.78, 5) is 4.00. The number of fused-ring (bicyclic) bond motifs is 1. The van der Waals surface area contributed by atoms with Crippen molar-refractivity contribution in [1.82, 2.24) is 4.98 Å². The molecule has 0 N–H and O–H groups in total. The fourth-order valence-corrected chi connectivity index (χ4v) is 1.69. The van der Waals surface area contributed by atoms with Crippen LogP contribution in [0.5, 0.6) is 0 Å². The molecule has 0 saturated carbocycles. The number of halogens is 4. The van der Waals surface area contributed by atoms with Gasteiger partial charge in [-0.2, -0.15) is 13.2 Å². The summed E-state index contributed by atoms with van der Waals surface area (Å²) in [5.74, 6) is 0.190. The van der Waals surface area contributed by atoms with Crippen LogP contribution in [0.25, 0.3) is 11.1 Å². The Labute approximate surface area is 100 Å². The van der Waals surface area contributed by atoms with Gasteiger partial charge in [0.05, 0.1) is 0 Å². The first kappa shape index (κ1) is 12.2. The predicted molar refractivity (Wildman–Crippen MR) is 58.1 cm³/mol. The second-order valence-corrected chi connectivity index (χ2v) is 4.44. The standard InChI is InChI=1S/C11H9ClF3NO/c1-5(2)10-16-8-4-6(12)3-7(9(8)17-10)11(13,14)15/h3-5H,1-2H3. The van der Waals surface area contributed by atoms with Gasteiger partial charge in [0.15, 0.2) is 11.5 Å². The van der Waals surface area contributed by atoms with Gasteiger partial charge >= 0.3 is 6.18 Å². The van der Waals surface area contributed by atoms with Crippen molar-refractivity contribution < 1.29 is 17.6 Å². The number of nitrogens with zero attached hydrogens (tertiary/aromatic N) is 1. The third-order valence-electron chi connectivity index (χ3n) is 2.27. The number of oxazole rings is 1. The molecule has 0 fully saturated rings. The molecule has 0 aliphatic carbocycles. The molecule has 0 aliphatic heterocycles. The highest BCUT2D eigenvalue weighted by Gasteiger charge is 2.35. The Kier molecular flexibility index (Phi) is 2.81. The first-order valence-electron chi connectivity index (χ1n) is 4.96. The molecule has 1 aromatic heterocycles. The first-order valence-corrected chi connectivity index (χ1v) is 5.34. The fourth-order valence-electron chi connectivity index (χ4n) is 1.47. The molecular weight excluding hydrogens is 255 g/mol. The van der Waals surface area contributed by atoms with Gasteiger partial charge in [-0.1, -0.05) is 25.4 Å². The molecule has 0 radical (unpaired) electrons. The molecule has 0 atom stereocenters. The fraction of sp³-hybridized carbons (Fsp3) is 0.364. The molecule has 0 bridgehead atoms. The lowest BCUT2D eigenvalue weighted by atomic mass is 10.2. The second-order valence-electron chi connectivity index (χ2n) is 4.01. The highest BCUT2D eigenvalue weighted by molar-refractivity contribution is 6.31. The molecule has 0 spiro atoms. The van der Waals surface area contributed by atoms with Gasteiger partial charge < -0.3 is 4.42 Å². The van der Waals surface area contributed by atoms with Gasteiger partial charge in [0.1, 0.15) is 11.1 Å². The maximum atomic E-state index is 12.8. The molecule has 2 nitrogen and oxygen atoms in total. The molecule has 0 unspecified atom stereocenters. The van der Waals surface area contributed by atoms with Crippen LogP contribution in [-0.2, 0) is 6.18 Å². The van der Waals surface area contributed by atoms with Gasteiger partial charge in [-0.3, -0.25) is 0 Å². The van der Waals surface area contributed by atoms with E-state index in [-0.39, 0.29) is 27.9 Å². The largest absolute Gasteiger partial charge is 0.440 e. The minimum Gasteiger partial charge on any atom is -0.440 e. The van der Waals surface area contributed by atoms with Crippen molar-refractivity contribution in [3.05, 3.63) is 28.6 Å². The number of hydrogen-bond donors (Lipinski definition) is 0. The van der Waals surface area contributed by atoms with Gasteiger partial charge in [0.25, 0.3) is 0 Å². The Morgan fingerprint density at radius 1 is 1.29 bits per heavy atom. The lowest BCUT2D eigenvalue weighted by molar-refractivity contribution is -0.136. The van der Waals surface area contributed by atoms with E-state index in [1.165, 1.54) is 6.07 Å². The third kappa shape index (κ3) is 2.24. The van der Waals surface area contributed by atoms with Gasteiger partial charge in [-0.15, -0.1) is 0 Å². The Hall–Kier alpha value is -1.23. The predicted octanol–water partition coefficient (Wildman–Crippen LogP) is 4.62. The van der Waals surface area contributed by atoms with Crippen molar-refractivity contribution in [2.45, 2.75) is 25.9 Å². The van der Waals surface area contributed by atoms with Crippen LogP contribution in [0.3, 0.4) is 0 Å². The number of aromatic nitrogens is 1. The molecular formula is C11H9ClF3NO. The first-order chi connectivity index (χ1) is 7.79. The number of hydrogen-bond acceptors (Lipinski definition) is 2. The van der Waals surface area contributed by atoms with Crippen LogP contribution in [0.15, 0.2) is 16.5 Å². The van der Waals surface area contributed by atoms with Crippen molar-refractivity contribution in [3.8, 4) is 0 Å². The molecule has 0 saturated heterocycles. The zero-order valence-corrected chi connectivity index (χ0v) is 9.86. The molecule has 1 heterocycles. The van der Waals surface area contributed by atoms with Crippen LogP contribution in [-0.4, -0.2) is 4.98 Å². The van der Waals surface area contributed by atoms with Crippen molar-refractivity contribution in [3.63, 3.8) is 0 Å². The highest BCUT2D eigenvalue weighted by atomic mass is 35.5. The van der Waals surface area contributed by atoms with Crippen LogP contribution in [0.4, 0.5) is 13.2 Å². The van der Waals surface area contributed by atoms with E-state index in [4.69, 9.17) is 16.0 Å².